The number of aliphatic hydroxyl groups is 1. The number of nitrogens with zero attached hydrogens (tertiary/aromatic N) is 1. The number of carbonyl (C=O) groups is 1. The van der Waals surface area contributed by atoms with Crippen LogP contribution in [0.25, 0.3) is 0 Å². The van der Waals surface area contributed by atoms with E-state index in [0.29, 0.717) is 12.1 Å². The van der Waals surface area contributed by atoms with Crippen molar-refractivity contribution in [2.24, 2.45) is 0 Å². The normalized spacial score (nSPS) is 11.2. The minimum atomic E-state index is -0.343. The summed E-state index contributed by atoms with van der Waals surface area (Å²) in [4.78, 5) is 13.7. The van der Waals surface area contributed by atoms with Crippen molar-refractivity contribution in [3.8, 4) is 0 Å². The first kappa shape index (κ1) is 14.8. The summed E-state index contributed by atoms with van der Waals surface area (Å²) >= 11 is 0. The highest BCUT2D eigenvalue weighted by Gasteiger charge is 2.14. The number of hydrogen-bond donors (Lipinski definition) is 1. The lowest BCUT2D eigenvalue weighted by Crippen LogP contribution is -2.38. The molecule has 0 atom stereocenters. The molecule has 0 spiro atoms. The molecule has 100 valence electrons. The van der Waals surface area contributed by atoms with Gasteiger partial charge in [-0.2, -0.15) is 0 Å². The molecule has 0 saturated heterocycles. The van der Waals surface area contributed by atoms with Gasteiger partial charge in [-0.05, 0) is 25.5 Å². The van der Waals surface area contributed by atoms with Crippen LogP contribution in [0.1, 0.15) is 19.4 Å². The van der Waals surface area contributed by atoms with Crippen LogP contribution >= 0.6 is 0 Å². The molecule has 1 aromatic rings. The fourth-order valence-corrected chi connectivity index (χ4v) is 1.78. The van der Waals surface area contributed by atoms with E-state index in [1.165, 1.54) is 6.07 Å². The van der Waals surface area contributed by atoms with Gasteiger partial charge in [0.05, 0.1) is 13.2 Å². The summed E-state index contributed by atoms with van der Waals surface area (Å²) < 4.78 is 13.4. The fourth-order valence-electron chi connectivity index (χ4n) is 1.78. The lowest BCUT2D eigenvalue weighted by molar-refractivity contribution is -0.120. The first-order valence-electron chi connectivity index (χ1n) is 6.14. The second-order valence-corrected chi connectivity index (χ2v) is 4.59. The second kappa shape index (κ2) is 7.24. The van der Waals surface area contributed by atoms with E-state index in [1.54, 1.807) is 18.2 Å². The van der Waals surface area contributed by atoms with Gasteiger partial charge in [-0.25, -0.2) is 4.39 Å². The van der Waals surface area contributed by atoms with E-state index < -0.39 is 0 Å². The molecule has 0 fully saturated rings. The quantitative estimate of drug-likeness (QED) is 0.803. The van der Waals surface area contributed by atoms with Crippen LogP contribution in [0.5, 0.6) is 0 Å². The van der Waals surface area contributed by atoms with Crippen LogP contribution in [-0.2, 0) is 11.2 Å². The van der Waals surface area contributed by atoms with Gasteiger partial charge >= 0.3 is 0 Å². The Morgan fingerprint density at radius 2 is 2.06 bits per heavy atom. The first-order valence-corrected chi connectivity index (χ1v) is 6.14. The predicted molar refractivity (Wildman–Crippen MR) is 68.9 cm³/mol. The van der Waals surface area contributed by atoms with E-state index in [1.807, 2.05) is 18.7 Å². The Kier molecular flexibility index (Phi) is 5.95. The molecule has 18 heavy (non-hydrogen) atoms. The molecule has 1 rings (SSSR count). The molecular weight excluding hydrogens is 233 g/mol. The van der Waals surface area contributed by atoms with E-state index in [0.717, 1.165) is 0 Å². The zero-order valence-corrected chi connectivity index (χ0v) is 10.9. The number of halogens is 1. The summed E-state index contributed by atoms with van der Waals surface area (Å²) in [6.45, 7) is 4.65. The second-order valence-electron chi connectivity index (χ2n) is 4.59. The number of benzene rings is 1. The molecule has 3 nitrogen and oxygen atoms in total. The Bertz CT molecular complexity index is 393. The third-order valence-corrected chi connectivity index (χ3v) is 2.84. The highest BCUT2D eigenvalue weighted by molar-refractivity contribution is 5.82. The van der Waals surface area contributed by atoms with Crippen molar-refractivity contribution in [1.29, 1.82) is 0 Å². The van der Waals surface area contributed by atoms with Crippen molar-refractivity contribution < 1.29 is 14.3 Å². The van der Waals surface area contributed by atoms with Gasteiger partial charge in [-0.15, -0.1) is 0 Å². The van der Waals surface area contributed by atoms with Gasteiger partial charge in [0.2, 0.25) is 0 Å². The van der Waals surface area contributed by atoms with E-state index in [9.17, 15) is 9.18 Å². The average Bonchev–Trinajstić information content (AvgIpc) is 2.31. The van der Waals surface area contributed by atoms with Gasteiger partial charge in [-0.1, -0.05) is 18.2 Å². The van der Waals surface area contributed by atoms with Crippen LogP contribution in [0.3, 0.4) is 0 Å². The van der Waals surface area contributed by atoms with Gasteiger partial charge in [-0.3, -0.25) is 9.69 Å². The number of Topliss-reactive ketones (excluding diaryl/α,β-unsaturated/α-hetero) is 1. The van der Waals surface area contributed by atoms with Crippen LogP contribution in [-0.4, -0.2) is 41.5 Å². The molecule has 1 aromatic carbocycles. The van der Waals surface area contributed by atoms with Gasteiger partial charge in [0.1, 0.15) is 5.82 Å². The Labute approximate surface area is 107 Å². The molecule has 0 aliphatic rings. The molecule has 0 bridgehead atoms. The fraction of sp³-hybridized carbons (Fsp3) is 0.500. The predicted octanol–water partition coefficient (Wildman–Crippen LogP) is 1.64. The summed E-state index contributed by atoms with van der Waals surface area (Å²) in [5, 5.41) is 8.92. The summed E-state index contributed by atoms with van der Waals surface area (Å²) in [5.41, 5.74) is 0.426. The molecule has 0 heterocycles. The lowest BCUT2D eigenvalue weighted by atomic mass is 10.1. The van der Waals surface area contributed by atoms with E-state index in [-0.39, 0.29) is 37.2 Å². The van der Waals surface area contributed by atoms with Crippen molar-refractivity contribution in [1.82, 2.24) is 4.90 Å². The molecule has 4 heteroatoms. The smallest absolute Gasteiger partial charge is 0.151 e. The maximum atomic E-state index is 13.4. The molecule has 0 aliphatic carbocycles. The lowest BCUT2D eigenvalue weighted by Gasteiger charge is -2.24. The van der Waals surface area contributed by atoms with Gasteiger partial charge in [0, 0.05) is 19.0 Å². The Morgan fingerprint density at radius 1 is 1.39 bits per heavy atom. The van der Waals surface area contributed by atoms with E-state index >= 15 is 0 Å². The molecule has 0 unspecified atom stereocenters. The minimum Gasteiger partial charge on any atom is -0.395 e. The molecule has 0 saturated carbocycles. The van der Waals surface area contributed by atoms with Crippen molar-refractivity contribution in [3.63, 3.8) is 0 Å². The average molecular weight is 253 g/mol. The van der Waals surface area contributed by atoms with Crippen molar-refractivity contribution in [2.45, 2.75) is 26.3 Å². The Hall–Kier alpha value is -1.26. The van der Waals surface area contributed by atoms with Crippen LogP contribution < -0.4 is 0 Å². The maximum absolute atomic E-state index is 13.4. The number of aliphatic hydroxyl groups excluding tert-OH is 1. The zero-order valence-electron chi connectivity index (χ0n) is 10.9. The number of ketones is 1. The van der Waals surface area contributed by atoms with Crippen molar-refractivity contribution >= 4 is 5.78 Å². The monoisotopic (exact) mass is 253 g/mol. The topological polar surface area (TPSA) is 40.5 Å². The molecule has 0 amide bonds. The van der Waals surface area contributed by atoms with Crippen molar-refractivity contribution in [3.05, 3.63) is 35.6 Å². The van der Waals surface area contributed by atoms with Gasteiger partial charge < -0.3 is 5.11 Å². The standard InChI is InChI=1S/C14H20FNO2/c1-11(2)16(7-8-17)10-13(18)9-12-5-3-4-6-14(12)15/h3-6,11,17H,7-10H2,1-2H3. The zero-order chi connectivity index (χ0) is 13.5. The first-order chi connectivity index (χ1) is 8.54. The van der Waals surface area contributed by atoms with Gasteiger partial charge in [0.25, 0.3) is 0 Å². The van der Waals surface area contributed by atoms with Crippen LogP contribution in [0, 0.1) is 5.82 Å². The highest BCUT2D eigenvalue weighted by Crippen LogP contribution is 2.08. The van der Waals surface area contributed by atoms with Crippen molar-refractivity contribution in [2.75, 3.05) is 19.7 Å². The Balaban J connectivity index is 2.58. The van der Waals surface area contributed by atoms with Crippen LogP contribution in [0.4, 0.5) is 4.39 Å². The number of hydrogen-bond acceptors (Lipinski definition) is 3. The highest BCUT2D eigenvalue weighted by atomic mass is 19.1. The summed E-state index contributed by atoms with van der Waals surface area (Å²) in [5.74, 6) is -0.383. The molecule has 0 radical (unpaired) electrons. The number of carbonyl (C=O) groups excluding carboxylic acids is 1. The van der Waals surface area contributed by atoms with Gasteiger partial charge in [0.15, 0.2) is 5.78 Å². The third-order valence-electron chi connectivity index (χ3n) is 2.84. The molecule has 0 aliphatic heterocycles. The third kappa shape index (κ3) is 4.55. The summed E-state index contributed by atoms with van der Waals surface area (Å²) in [6.07, 6.45) is 0.0985. The summed E-state index contributed by atoms with van der Waals surface area (Å²) in [7, 11) is 0. The molecular formula is C14H20FNO2. The number of rotatable bonds is 7. The Morgan fingerprint density at radius 3 is 2.61 bits per heavy atom. The largest absolute Gasteiger partial charge is 0.395 e. The van der Waals surface area contributed by atoms with Crippen LogP contribution in [0.2, 0.25) is 0 Å². The van der Waals surface area contributed by atoms with E-state index in [4.69, 9.17) is 5.11 Å². The van der Waals surface area contributed by atoms with Crippen LogP contribution in [0.15, 0.2) is 24.3 Å². The SMILES string of the molecule is CC(C)N(CCO)CC(=O)Cc1ccccc1F. The molecule has 1 N–H and O–H groups in total. The summed E-state index contributed by atoms with van der Waals surface area (Å²) in [6, 6.07) is 6.49. The molecule has 0 aromatic heterocycles. The maximum Gasteiger partial charge on any atom is 0.151 e. The van der Waals surface area contributed by atoms with E-state index in [2.05, 4.69) is 0 Å². The minimum absolute atomic E-state index is 0.0190.